The number of anilines is 2. The van der Waals surface area contributed by atoms with Crippen molar-refractivity contribution in [3.8, 4) is 22.3 Å². The van der Waals surface area contributed by atoms with Gasteiger partial charge in [0.1, 0.15) is 0 Å². The van der Waals surface area contributed by atoms with Gasteiger partial charge in [-0.25, -0.2) is 0 Å². The van der Waals surface area contributed by atoms with Gasteiger partial charge < -0.3 is 5.32 Å². The second kappa shape index (κ2) is 8.81. The SMILES string of the molecule is CC1(C)c2ccccc2-c2ccc(Nc3ccccc3C3(c4ccccc4)c4ccccc4-c4ccccc43)cc21. The highest BCUT2D eigenvalue weighted by Gasteiger charge is 2.47. The molecule has 0 saturated carbocycles. The van der Waals surface area contributed by atoms with Gasteiger partial charge in [-0.2, -0.15) is 0 Å². The molecule has 2 aliphatic carbocycles. The van der Waals surface area contributed by atoms with Crippen LogP contribution >= 0.6 is 0 Å². The van der Waals surface area contributed by atoms with Crippen LogP contribution in [0.4, 0.5) is 11.4 Å². The molecule has 1 heteroatoms. The molecule has 0 atom stereocenters. The maximum absolute atomic E-state index is 3.90. The van der Waals surface area contributed by atoms with E-state index in [0.717, 1.165) is 11.4 Å². The van der Waals surface area contributed by atoms with Crippen LogP contribution in [0.1, 0.15) is 47.2 Å². The predicted octanol–water partition coefficient (Wildman–Crippen LogP) is 10.1. The third kappa shape index (κ3) is 3.30. The molecule has 0 heterocycles. The zero-order valence-electron chi connectivity index (χ0n) is 23.4. The van der Waals surface area contributed by atoms with Crippen LogP contribution in [0.2, 0.25) is 0 Å². The Kier molecular flexibility index (Phi) is 5.15. The lowest BCUT2D eigenvalue weighted by molar-refractivity contribution is 0.660. The molecule has 0 unspecified atom stereocenters. The molecule has 0 bridgehead atoms. The normalized spacial score (nSPS) is 15.0. The standard InChI is InChI=1S/C40H31N/c1-39(2)33-19-9-6-16-29(33)32-25-24-28(26-37(32)39)41-38-23-13-12-22-36(38)40(27-14-4-3-5-15-27)34-20-10-7-17-30(34)31-18-8-11-21-35(31)40/h3-26,41H,1-2H3. The van der Waals surface area contributed by atoms with Gasteiger partial charge in [-0.1, -0.05) is 141 Å². The smallest absolute Gasteiger partial charge is 0.0733 e. The summed E-state index contributed by atoms with van der Waals surface area (Å²) in [5.74, 6) is 0. The van der Waals surface area contributed by atoms with E-state index in [1.807, 2.05) is 0 Å². The summed E-state index contributed by atoms with van der Waals surface area (Å²) in [5, 5.41) is 3.90. The van der Waals surface area contributed by atoms with Crippen LogP contribution in [0, 0.1) is 0 Å². The molecular formula is C40H31N. The lowest BCUT2D eigenvalue weighted by Gasteiger charge is -2.35. The lowest BCUT2D eigenvalue weighted by Crippen LogP contribution is -2.29. The Morgan fingerprint density at radius 3 is 1.56 bits per heavy atom. The minimum atomic E-state index is -0.440. The van der Waals surface area contributed by atoms with E-state index in [-0.39, 0.29) is 5.41 Å². The van der Waals surface area contributed by atoms with Crippen molar-refractivity contribution in [1.82, 2.24) is 0 Å². The van der Waals surface area contributed by atoms with E-state index in [1.165, 1.54) is 55.6 Å². The molecule has 0 radical (unpaired) electrons. The molecule has 6 aromatic carbocycles. The zero-order chi connectivity index (χ0) is 27.6. The van der Waals surface area contributed by atoms with Crippen molar-refractivity contribution in [2.75, 3.05) is 5.32 Å². The zero-order valence-corrected chi connectivity index (χ0v) is 23.4. The first-order valence-electron chi connectivity index (χ1n) is 14.5. The largest absolute Gasteiger partial charge is 0.355 e. The summed E-state index contributed by atoms with van der Waals surface area (Å²) in [6.45, 7) is 4.68. The van der Waals surface area contributed by atoms with Gasteiger partial charge in [-0.05, 0) is 73.8 Å². The van der Waals surface area contributed by atoms with E-state index in [2.05, 4.69) is 165 Å². The molecule has 0 fully saturated rings. The molecule has 0 spiro atoms. The van der Waals surface area contributed by atoms with E-state index < -0.39 is 5.41 Å². The Hall–Kier alpha value is -4.88. The van der Waals surface area contributed by atoms with Crippen LogP contribution in [-0.2, 0) is 10.8 Å². The number of para-hydroxylation sites is 1. The van der Waals surface area contributed by atoms with E-state index in [4.69, 9.17) is 0 Å². The summed E-state index contributed by atoms with van der Waals surface area (Å²) in [4.78, 5) is 0. The lowest BCUT2D eigenvalue weighted by atomic mass is 9.67. The summed E-state index contributed by atoms with van der Waals surface area (Å²) in [6, 6.07) is 53.4. The van der Waals surface area contributed by atoms with E-state index >= 15 is 0 Å². The number of hydrogen-bond acceptors (Lipinski definition) is 1. The minimum Gasteiger partial charge on any atom is -0.355 e. The first-order valence-corrected chi connectivity index (χ1v) is 14.5. The number of hydrogen-bond donors (Lipinski definition) is 1. The van der Waals surface area contributed by atoms with Gasteiger partial charge in [-0.3, -0.25) is 0 Å². The monoisotopic (exact) mass is 525 g/mol. The topological polar surface area (TPSA) is 12.0 Å². The fourth-order valence-electron chi connectivity index (χ4n) is 7.54. The number of nitrogens with one attached hydrogen (secondary N) is 1. The third-order valence-corrected chi connectivity index (χ3v) is 9.35. The maximum atomic E-state index is 3.90. The molecule has 1 nitrogen and oxygen atoms in total. The first-order chi connectivity index (χ1) is 20.1. The molecule has 8 rings (SSSR count). The number of rotatable bonds is 4. The molecule has 0 aromatic heterocycles. The molecule has 2 aliphatic rings. The highest BCUT2D eigenvalue weighted by atomic mass is 14.9. The Morgan fingerprint density at radius 2 is 0.902 bits per heavy atom. The van der Waals surface area contributed by atoms with Gasteiger partial charge in [0, 0.05) is 16.8 Å². The highest BCUT2D eigenvalue weighted by Crippen LogP contribution is 2.57. The van der Waals surface area contributed by atoms with Gasteiger partial charge in [0.25, 0.3) is 0 Å². The Bertz CT molecular complexity index is 1900. The van der Waals surface area contributed by atoms with Crippen LogP contribution in [0.5, 0.6) is 0 Å². The van der Waals surface area contributed by atoms with E-state index in [9.17, 15) is 0 Å². The summed E-state index contributed by atoms with van der Waals surface area (Å²) < 4.78 is 0. The highest BCUT2D eigenvalue weighted by molar-refractivity contribution is 5.89. The Labute approximate surface area is 242 Å². The summed E-state index contributed by atoms with van der Waals surface area (Å²) in [6.07, 6.45) is 0. The molecule has 196 valence electrons. The van der Waals surface area contributed by atoms with Crippen molar-refractivity contribution in [2.45, 2.75) is 24.7 Å². The van der Waals surface area contributed by atoms with Crippen LogP contribution in [-0.4, -0.2) is 0 Å². The summed E-state index contributed by atoms with van der Waals surface area (Å²) >= 11 is 0. The number of benzene rings is 6. The van der Waals surface area contributed by atoms with Crippen molar-refractivity contribution in [2.24, 2.45) is 0 Å². The van der Waals surface area contributed by atoms with Gasteiger partial charge in [-0.15, -0.1) is 0 Å². The quantitative estimate of drug-likeness (QED) is 0.241. The van der Waals surface area contributed by atoms with Crippen molar-refractivity contribution < 1.29 is 0 Å². The molecule has 0 amide bonds. The molecule has 0 saturated heterocycles. The minimum absolute atomic E-state index is 0.0439. The predicted molar refractivity (Wildman–Crippen MR) is 171 cm³/mol. The van der Waals surface area contributed by atoms with Gasteiger partial charge >= 0.3 is 0 Å². The Morgan fingerprint density at radius 1 is 0.415 bits per heavy atom. The van der Waals surface area contributed by atoms with Crippen molar-refractivity contribution >= 4 is 11.4 Å². The van der Waals surface area contributed by atoms with Crippen LogP contribution in [0.3, 0.4) is 0 Å². The van der Waals surface area contributed by atoms with Crippen molar-refractivity contribution in [1.29, 1.82) is 0 Å². The second-order valence-electron chi connectivity index (χ2n) is 11.8. The van der Waals surface area contributed by atoms with Crippen molar-refractivity contribution in [3.05, 3.63) is 179 Å². The van der Waals surface area contributed by atoms with E-state index in [0.29, 0.717) is 0 Å². The number of fused-ring (bicyclic) bond motifs is 6. The van der Waals surface area contributed by atoms with Crippen molar-refractivity contribution in [3.63, 3.8) is 0 Å². The molecule has 0 aliphatic heterocycles. The average molecular weight is 526 g/mol. The van der Waals surface area contributed by atoms with Crippen LogP contribution in [0.25, 0.3) is 22.3 Å². The molecule has 1 N–H and O–H groups in total. The average Bonchev–Trinajstić information content (AvgIpc) is 3.45. The first kappa shape index (κ1) is 24.0. The molecule has 6 aromatic rings. The second-order valence-corrected chi connectivity index (χ2v) is 11.8. The van der Waals surface area contributed by atoms with Crippen LogP contribution < -0.4 is 5.32 Å². The van der Waals surface area contributed by atoms with Crippen LogP contribution in [0.15, 0.2) is 146 Å². The molecular weight excluding hydrogens is 494 g/mol. The fraction of sp³-hybridized carbons (Fsp3) is 0.100. The fourth-order valence-corrected chi connectivity index (χ4v) is 7.54. The summed E-state index contributed by atoms with van der Waals surface area (Å²) in [7, 11) is 0. The maximum Gasteiger partial charge on any atom is 0.0733 e. The van der Waals surface area contributed by atoms with E-state index in [1.54, 1.807) is 0 Å². The third-order valence-electron chi connectivity index (χ3n) is 9.35. The summed E-state index contributed by atoms with van der Waals surface area (Å²) in [5.41, 5.74) is 15.0. The van der Waals surface area contributed by atoms with Gasteiger partial charge in [0.05, 0.1) is 5.41 Å². The Balaban J connectivity index is 1.34. The van der Waals surface area contributed by atoms with Gasteiger partial charge in [0.2, 0.25) is 0 Å². The van der Waals surface area contributed by atoms with Gasteiger partial charge in [0.15, 0.2) is 0 Å². The molecule has 41 heavy (non-hydrogen) atoms.